The predicted octanol–water partition coefficient (Wildman–Crippen LogP) is 3.27. The molecule has 1 aromatic carbocycles. The van der Waals surface area contributed by atoms with Gasteiger partial charge in [0.1, 0.15) is 5.82 Å². The van der Waals surface area contributed by atoms with E-state index in [2.05, 4.69) is 21.2 Å². The molecule has 0 aromatic heterocycles. The first-order chi connectivity index (χ1) is 7.25. The summed E-state index contributed by atoms with van der Waals surface area (Å²) < 4.78 is 14.3. The molecule has 1 aromatic rings. The molecule has 0 unspecified atom stereocenters. The van der Waals surface area contributed by atoms with Gasteiger partial charge in [-0.1, -0.05) is 15.9 Å². The zero-order valence-corrected chi connectivity index (χ0v) is 10.2. The van der Waals surface area contributed by atoms with E-state index < -0.39 is 0 Å². The van der Waals surface area contributed by atoms with Crippen LogP contribution in [0.5, 0.6) is 0 Å². The smallest absolute Gasteiger partial charge is 0.126 e. The van der Waals surface area contributed by atoms with Crippen molar-refractivity contribution in [2.45, 2.75) is 31.7 Å². The number of nitrogens with one attached hydrogen (secondary N) is 1. The van der Waals surface area contributed by atoms with Crippen molar-refractivity contribution < 1.29 is 4.39 Å². The molecule has 1 fully saturated rings. The second kappa shape index (κ2) is 5.08. The minimum absolute atomic E-state index is 0.0929. The SMILES string of the molecule is Fc1ccc(Br)cc1CCCNC1CC1. The van der Waals surface area contributed by atoms with Crippen LogP contribution < -0.4 is 5.32 Å². The van der Waals surface area contributed by atoms with Crippen molar-refractivity contribution in [3.8, 4) is 0 Å². The predicted molar refractivity (Wildman–Crippen MR) is 63.4 cm³/mol. The van der Waals surface area contributed by atoms with Crippen molar-refractivity contribution in [1.29, 1.82) is 0 Å². The van der Waals surface area contributed by atoms with E-state index in [9.17, 15) is 4.39 Å². The maximum atomic E-state index is 13.3. The Morgan fingerprint density at radius 1 is 1.40 bits per heavy atom. The third-order valence-corrected chi connectivity index (χ3v) is 3.13. The first-order valence-electron chi connectivity index (χ1n) is 5.43. The van der Waals surface area contributed by atoms with E-state index >= 15 is 0 Å². The second-order valence-corrected chi connectivity index (χ2v) is 4.98. The molecular formula is C12H15BrFN. The quantitative estimate of drug-likeness (QED) is 0.811. The fourth-order valence-electron chi connectivity index (χ4n) is 1.61. The van der Waals surface area contributed by atoms with Crippen molar-refractivity contribution in [1.82, 2.24) is 5.32 Å². The van der Waals surface area contributed by atoms with Crippen LogP contribution in [-0.2, 0) is 6.42 Å². The summed E-state index contributed by atoms with van der Waals surface area (Å²) in [5.41, 5.74) is 0.807. The summed E-state index contributed by atoms with van der Waals surface area (Å²) in [5.74, 6) is -0.0929. The normalized spacial score (nSPS) is 15.6. The van der Waals surface area contributed by atoms with Crippen molar-refractivity contribution in [3.05, 3.63) is 34.1 Å². The van der Waals surface area contributed by atoms with Crippen LogP contribution in [0.2, 0.25) is 0 Å². The fraction of sp³-hybridized carbons (Fsp3) is 0.500. The molecule has 0 spiro atoms. The molecule has 1 nitrogen and oxygen atoms in total. The molecular weight excluding hydrogens is 257 g/mol. The number of halogens is 2. The first kappa shape index (κ1) is 11.1. The zero-order valence-electron chi connectivity index (χ0n) is 8.60. The van der Waals surface area contributed by atoms with Crippen LogP contribution in [0.4, 0.5) is 4.39 Å². The first-order valence-corrected chi connectivity index (χ1v) is 6.22. The average molecular weight is 272 g/mol. The van der Waals surface area contributed by atoms with Crippen LogP contribution in [0, 0.1) is 5.82 Å². The van der Waals surface area contributed by atoms with Gasteiger partial charge in [0.05, 0.1) is 0 Å². The van der Waals surface area contributed by atoms with Crippen LogP contribution in [0.3, 0.4) is 0 Å². The minimum atomic E-state index is -0.0929. The fourth-order valence-corrected chi connectivity index (χ4v) is 2.02. The van der Waals surface area contributed by atoms with Gasteiger partial charge in [-0.25, -0.2) is 4.39 Å². The van der Waals surface area contributed by atoms with Crippen LogP contribution in [0.1, 0.15) is 24.8 Å². The Balaban J connectivity index is 1.78. The van der Waals surface area contributed by atoms with E-state index in [-0.39, 0.29) is 5.82 Å². The topological polar surface area (TPSA) is 12.0 Å². The molecule has 0 aliphatic heterocycles. The molecule has 3 heteroatoms. The van der Waals surface area contributed by atoms with Crippen LogP contribution >= 0.6 is 15.9 Å². The van der Waals surface area contributed by atoms with Gasteiger partial charge in [-0.2, -0.15) is 0 Å². The summed E-state index contributed by atoms with van der Waals surface area (Å²) >= 11 is 3.36. The summed E-state index contributed by atoms with van der Waals surface area (Å²) in [6.07, 6.45) is 4.44. The summed E-state index contributed by atoms with van der Waals surface area (Å²) in [4.78, 5) is 0. The molecule has 1 aliphatic rings. The Bertz CT molecular complexity index is 336. The highest BCUT2D eigenvalue weighted by molar-refractivity contribution is 9.10. The van der Waals surface area contributed by atoms with E-state index in [4.69, 9.17) is 0 Å². The zero-order chi connectivity index (χ0) is 10.7. The summed E-state index contributed by atoms with van der Waals surface area (Å²) in [7, 11) is 0. The van der Waals surface area contributed by atoms with Crippen LogP contribution in [0.15, 0.2) is 22.7 Å². The molecule has 82 valence electrons. The Morgan fingerprint density at radius 3 is 2.93 bits per heavy atom. The van der Waals surface area contributed by atoms with Gasteiger partial charge in [-0.05, 0) is 56.0 Å². The number of benzene rings is 1. The summed E-state index contributed by atoms with van der Waals surface area (Å²) in [6.45, 7) is 0.997. The van der Waals surface area contributed by atoms with E-state index in [1.165, 1.54) is 18.9 Å². The highest BCUT2D eigenvalue weighted by atomic mass is 79.9. The molecule has 0 heterocycles. The number of rotatable bonds is 5. The second-order valence-electron chi connectivity index (χ2n) is 4.07. The summed E-state index contributed by atoms with van der Waals surface area (Å²) in [6, 6.07) is 5.87. The number of aryl methyl sites for hydroxylation is 1. The highest BCUT2D eigenvalue weighted by Gasteiger charge is 2.19. The van der Waals surface area contributed by atoms with Gasteiger partial charge in [0, 0.05) is 10.5 Å². The lowest BCUT2D eigenvalue weighted by molar-refractivity contribution is 0.592. The van der Waals surface area contributed by atoms with Gasteiger partial charge in [0.25, 0.3) is 0 Å². The van der Waals surface area contributed by atoms with Crippen LogP contribution in [-0.4, -0.2) is 12.6 Å². The Kier molecular flexibility index (Phi) is 3.76. The van der Waals surface area contributed by atoms with Crippen molar-refractivity contribution in [3.63, 3.8) is 0 Å². The van der Waals surface area contributed by atoms with Gasteiger partial charge < -0.3 is 5.32 Å². The molecule has 1 N–H and O–H groups in total. The molecule has 1 saturated carbocycles. The lowest BCUT2D eigenvalue weighted by atomic mass is 10.1. The molecule has 1 aliphatic carbocycles. The van der Waals surface area contributed by atoms with Gasteiger partial charge in [0.15, 0.2) is 0 Å². The van der Waals surface area contributed by atoms with Crippen molar-refractivity contribution in [2.75, 3.05) is 6.54 Å². The monoisotopic (exact) mass is 271 g/mol. The van der Waals surface area contributed by atoms with E-state index in [0.717, 1.165) is 35.5 Å². The van der Waals surface area contributed by atoms with Gasteiger partial charge >= 0.3 is 0 Å². The lowest BCUT2D eigenvalue weighted by Gasteiger charge is -2.05. The van der Waals surface area contributed by atoms with Crippen molar-refractivity contribution in [2.24, 2.45) is 0 Å². The molecule has 0 saturated heterocycles. The Hall–Kier alpha value is -0.410. The molecule has 0 atom stereocenters. The Morgan fingerprint density at radius 2 is 2.20 bits per heavy atom. The highest BCUT2D eigenvalue weighted by Crippen LogP contribution is 2.19. The average Bonchev–Trinajstić information content (AvgIpc) is 3.01. The van der Waals surface area contributed by atoms with E-state index in [0.29, 0.717) is 0 Å². The van der Waals surface area contributed by atoms with Gasteiger partial charge in [-0.3, -0.25) is 0 Å². The Labute approximate surface area is 98.2 Å². The number of hydrogen-bond acceptors (Lipinski definition) is 1. The van der Waals surface area contributed by atoms with Crippen molar-refractivity contribution >= 4 is 15.9 Å². The van der Waals surface area contributed by atoms with Crippen LogP contribution in [0.25, 0.3) is 0 Å². The van der Waals surface area contributed by atoms with E-state index in [1.807, 2.05) is 6.07 Å². The lowest BCUT2D eigenvalue weighted by Crippen LogP contribution is -2.18. The third-order valence-electron chi connectivity index (χ3n) is 2.64. The molecule has 15 heavy (non-hydrogen) atoms. The maximum absolute atomic E-state index is 13.3. The van der Waals surface area contributed by atoms with E-state index in [1.54, 1.807) is 6.07 Å². The van der Waals surface area contributed by atoms with Gasteiger partial charge in [0.2, 0.25) is 0 Å². The maximum Gasteiger partial charge on any atom is 0.126 e. The van der Waals surface area contributed by atoms with Gasteiger partial charge in [-0.15, -0.1) is 0 Å². The third kappa shape index (κ3) is 3.58. The molecule has 0 radical (unpaired) electrons. The molecule has 0 bridgehead atoms. The molecule has 0 amide bonds. The summed E-state index contributed by atoms with van der Waals surface area (Å²) in [5, 5.41) is 3.43. The largest absolute Gasteiger partial charge is 0.314 e. The number of hydrogen-bond donors (Lipinski definition) is 1. The standard InChI is InChI=1S/C12H15BrFN/c13-10-3-6-12(14)9(8-10)2-1-7-15-11-4-5-11/h3,6,8,11,15H,1-2,4-5,7H2. The molecule has 2 rings (SSSR count). The minimum Gasteiger partial charge on any atom is -0.314 e.